The molecule has 7 heteroatoms. The summed E-state index contributed by atoms with van der Waals surface area (Å²) in [7, 11) is 0. The predicted octanol–water partition coefficient (Wildman–Crippen LogP) is 5.09. The average Bonchev–Trinajstić information content (AvgIpc) is 3.21. The second-order valence-electron chi connectivity index (χ2n) is 7.79. The van der Waals surface area contributed by atoms with E-state index in [4.69, 9.17) is 9.26 Å². The lowest BCUT2D eigenvalue weighted by Gasteiger charge is -2.26. The third-order valence-electron chi connectivity index (χ3n) is 5.41. The van der Waals surface area contributed by atoms with Crippen molar-refractivity contribution in [3.05, 3.63) is 101 Å². The van der Waals surface area contributed by atoms with E-state index < -0.39 is 0 Å². The Kier molecular flexibility index (Phi) is 5.81. The second-order valence-corrected chi connectivity index (χ2v) is 7.79. The first-order valence-corrected chi connectivity index (χ1v) is 10.6. The van der Waals surface area contributed by atoms with E-state index in [9.17, 15) is 4.39 Å². The molecule has 1 aliphatic rings. The van der Waals surface area contributed by atoms with Crippen molar-refractivity contribution in [2.24, 2.45) is 0 Å². The molecule has 0 unspecified atom stereocenters. The zero-order valence-corrected chi connectivity index (χ0v) is 17.5. The summed E-state index contributed by atoms with van der Waals surface area (Å²) in [6, 6.07) is 20.3. The number of fused-ring (bicyclic) bond motifs is 1. The first kappa shape index (κ1) is 20.2. The van der Waals surface area contributed by atoms with Crippen LogP contribution in [-0.2, 0) is 26.1 Å². The number of pyridine rings is 1. The monoisotopic (exact) mass is 430 g/mol. The summed E-state index contributed by atoms with van der Waals surface area (Å²) in [5.74, 6) is 2.05. The normalized spacial score (nSPS) is 13.5. The Morgan fingerprint density at radius 1 is 1.06 bits per heavy atom. The van der Waals surface area contributed by atoms with Crippen molar-refractivity contribution in [2.75, 3.05) is 11.9 Å². The van der Waals surface area contributed by atoms with Crippen LogP contribution in [0.15, 0.2) is 77.4 Å². The average molecular weight is 430 g/mol. The molecule has 0 spiro atoms. The number of halogens is 1. The molecule has 0 amide bonds. The van der Waals surface area contributed by atoms with Crippen molar-refractivity contribution in [1.29, 1.82) is 0 Å². The van der Waals surface area contributed by atoms with E-state index >= 15 is 0 Å². The van der Waals surface area contributed by atoms with Gasteiger partial charge >= 0.3 is 0 Å². The van der Waals surface area contributed by atoms with Gasteiger partial charge in [-0.2, -0.15) is 0 Å². The number of nitrogens with one attached hydrogen (secondary N) is 1. The molecular formula is C25H23FN4O2. The summed E-state index contributed by atoms with van der Waals surface area (Å²) >= 11 is 0. The number of hydrogen-bond donors (Lipinski definition) is 1. The summed E-state index contributed by atoms with van der Waals surface area (Å²) in [6.45, 7) is 2.80. The minimum Gasteiger partial charge on any atom is -0.487 e. The van der Waals surface area contributed by atoms with Crippen molar-refractivity contribution < 1.29 is 13.7 Å². The van der Waals surface area contributed by atoms with E-state index in [1.54, 1.807) is 18.3 Å². The van der Waals surface area contributed by atoms with Crippen LogP contribution in [-0.4, -0.2) is 21.6 Å². The lowest BCUT2D eigenvalue weighted by atomic mass is 10.1. The van der Waals surface area contributed by atoms with Crippen LogP contribution in [0.3, 0.4) is 0 Å². The molecule has 0 fully saturated rings. The van der Waals surface area contributed by atoms with Crippen LogP contribution in [0, 0.1) is 5.82 Å². The van der Waals surface area contributed by atoms with Gasteiger partial charge in [0.25, 0.3) is 0 Å². The molecule has 1 N–H and O–H groups in total. The molecule has 3 heterocycles. The topological polar surface area (TPSA) is 63.4 Å². The number of rotatable bonds is 7. The molecule has 2 aromatic carbocycles. The molecule has 6 nitrogen and oxygen atoms in total. The fraction of sp³-hybridized carbons (Fsp3) is 0.200. The van der Waals surface area contributed by atoms with Crippen LogP contribution in [0.5, 0.6) is 5.75 Å². The highest BCUT2D eigenvalue weighted by Gasteiger charge is 2.24. The highest BCUT2D eigenvalue weighted by Crippen LogP contribution is 2.29. The van der Waals surface area contributed by atoms with Gasteiger partial charge in [0.2, 0.25) is 0 Å². The van der Waals surface area contributed by atoms with Crippen molar-refractivity contribution in [1.82, 2.24) is 15.0 Å². The van der Waals surface area contributed by atoms with Crippen LogP contribution >= 0.6 is 0 Å². The Labute approximate surface area is 185 Å². The summed E-state index contributed by atoms with van der Waals surface area (Å²) in [4.78, 5) is 6.64. The zero-order chi connectivity index (χ0) is 21.8. The minimum atomic E-state index is -0.292. The maximum absolute atomic E-state index is 13.5. The maximum atomic E-state index is 13.5. The molecule has 0 radical (unpaired) electrons. The molecule has 5 rings (SSSR count). The molecule has 0 atom stereocenters. The molecule has 0 aliphatic carbocycles. The van der Waals surface area contributed by atoms with E-state index in [-0.39, 0.29) is 5.82 Å². The minimum absolute atomic E-state index is 0.292. The molecule has 0 saturated heterocycles. The SMILES string of the molecule is Fc1cccc(Nc2noc3c2CN(Cc2cccc(OCc4ccccn4)c2)CC3)c1. The smallest absolute Gasteiger partial charge is 0.178 e. The lowest BCUT2D eigenvalue weighted by Crippen LogP contribution is -2.29. The fourth-order valence-electron chi connectivity index (χ4n) is 3.83. The first-order valence-electron chi connectivity index (χ1n) is 10.6. The Morgan fingerprint density at radius 2 is 2.00 bits per heavy atom. The number of nitrogens with zero attached hydrogens (tertiary/aromatic N) is 3. The van der Waals surface area contributed by atoms with Gasteiger partial charge in [-0.3, -0.25) is 9.88 Å². The standard InChI is InChI=1S/C25H23FN4O2/c26-19-6-4-8-20(14-19)28-25-23-16-30(12-10-24(23)32-29-25)15-18-5-3-9-22(13-18)31-17-21-7-1-2-11-27-21/h1-9,11,13-14H,10,12,15-17H2,(H,28,29). The van der Waals surface area contributed by atoms with Gasteiger partial charge < -0.3 is 14.6 Å². The number of aromatic nitrogens is 2. The molecule has 4 aromatic rings. The highest BCUT2D eigenvalue weighted by molar-refractivity contribution is 5.60. The molecule has 162 valence electrons. The van der Waals surface area contributed by atoms with Crippen LogP contribution < -0.4 is 10.1 Å². The van der Waals surface area contributed by atoms with E-state index in [2.05, 4.69) is 32.5 Å². The summed E-state index contributed by atoms with van der Waals surface area (Å²) in [5.41, 5.74) is 3.73. The molecule has 0 saturated carbocycles. The van der Waals surface area contributed by atoms with Gasteiger partial charge in [0.1, 0.15) is 23.9 Å². The van der Waals surface area contributed by atoms with Gasteiger partial charge in [0, 0.05) is 37.9 Å². The number of ether oxygens (including phenoxy) is 1. The number of anilines is 2. The van der Waals surface area contributed by atoms with E-state index in [1.807, 2.05) is 30.3 Å². The molecule has 1 aliphatic heterocycles. The van der Waals surface area contributed by atoms with Gasteiger partial charge in [0.05, 0.1) is 11.3 Å². The predicted molar refractivity (Wildman–Crippen MR) is 119 cm³/mol. The summed E-state index contributed by atoms with van der Waals surface area (Å²) in [6.07, 6.45) is 2.55. The summed E-state index contributed by atoms with van der Waals surface area (Å²) < 4.78 is 25.0. The van der Waals surface area contributed by atoms with Gasteiger partial charge in [-0.25, -0.2) is 4.39 Å². The quantitative estimate of drug-likeness (QED) is 0.441. The Bertz CT molecular complexity index is 1200. The van der Waals surface area contributed by atoms with Gasteiger partial charge in [-0.1, -0.05) is 29.4 Å². The highest BCUT2D eigenvalue weighted by atomic mass is 19.1. The van der Waals surface area contributed by atoms with Crippen LogP contribution in [0.2, 0.25) is 0 Å². The third-order valence-corrected chi connectivity index (χ3v) is 5.41. The third kappa shape index (κ3) is 4.78. The van der Waals surface area contributed by atoms with Crippen molar-refractivity contribution >= 4 is 11.5 Å². The van der Waals surface area contributed by atoms with Crippen LogP contribution in [0.25, 0.3) is 0 Å². The Balaban J connectivity index is 1.24. The van der Waals surface area contributed by atoms with Crippen molar-refractivity contribution in [3.8, 4) is 5.75 Å². The Morgan fingerprint density at radius 3 is 2.88 bits per heavy atom. The molecule has 0 bridgehead atoms. The fourth-order valence-corrected chi connectivity index (χ4v) is 3.83. The van der Waals surface area contributed by atoms with E-state index in [0.29, 0.717) is 24.7 Å². The first-order chi connectivity index (χ1) is 15.7. The number of benzene rings is 2. The maximum Gasteiger partial charge on any atom is 0.178 e. The Hall–Kier alpha value is -3.71. The largest absolute Gasteiger partial charge is 0.487 e. The van der Waals surface area contributed by atoms with Crippen LogP contribution in [0.1, 0.15) is 22.6 Å². The van der Waals surface area contributed by atoms with Gasteiger partial charge in [0.15, 0.2) is 5.82 Å². The van der Waals surface area contributed by atoms with E-state index in [1.165, 1.54) is 17.7 Å². The summed E-state index contributed by atoms with van der Waals surface area (Å²) in [5, 5.41) is 7.35. The lowest BCUT2D eigenvalue weighted by molar-refractivity contribution is 0.228. The zero-order valence-electron chi connectivity index (χ0n) is 17.5. The second kappa shape index (κ2) is 9.20. The van der Waals surface area contributed by atoms with Crippen LogP contribution in [0.4, 0.5) is 15.9 Å². The molecule has 2 aromatic heterocycles. The van der Waals surface area contributed by atoms with Gasteiger partial charge in [-0.05, 0) is 48.0 Å². The molecule has 32 heavy (non-hydrogen) atoms. The van der Waals surface area contributed by atoms with Gasteiger partial charge in [-0.15, -0.1) is 0 Å². The molecular weight excluding hydrogens is 407 g/mol. The number of hydrogen-bond acceptors (Lipinski definition) is 6. The van der Waals surface area contributed by atoms with E-state index in [0.717, 1.165) is 42.3 Å². The van der Waals surface area contributed by atoms with Crippen molar-refractivity contribution in [3.63, 3.8) is 0 Å². The van der Waals surface area contributed by atoms with Crippen molar-refractivity contribution in [2.45, 2.75) is 26.1 Å².